The molecular formula is C20H16FN3O2S. The number of benzene rings is 2. The molecule has 2 aromatic carbocycles. The van der Waals surface area contributed by atoms with Crippen LogP contribution in [0.2, 0.25) is 0 Å². The SMILES string of the molecule is Cc1cccn2cc(-c3ccccc3NS(=O)(=O)c3ccccc3F)nc12. The Morgan fingerprint density at radius 3 is 2.52 bits per heavy atom. The maximum atomic E-state index is 14.0. The molecule has 4 rings (SSSR count). The monoisotopic (exact) mass is 381 g/mol. The molecule has 0 atom stereocenters. The number of rotatable bonds is 4. The van der Waals surface area contributed by atoms with E-state index in [2.05, 4.69) is 9.71 Å². The molecule has 0 saturated carbocycles. The summed E-state index contributed by atoms with van der Waals surface area (Å²) in [5.74, 6) is -0.800. The topological polar surface area (TPSA) is 63.5 Å². The fourth-order valence-corrected chi connectivity index (χ4v) is 4.10. The molecule has 0 unspecified atom stereocenters. The molecule has 27 heavy (non-hydrogen) atoms. The number of imidazole rings is 1. The number of nitrogens with zero attached hydrogens (tertiary/aromatic N) is 2. The quantitative estimate of drug-likeness (QED) is 0.575. The van der Waals surface area contributed by atoms with Crippen molar-refractivity contribution >= 4 is 21.4 Å². The number of halogens is 1. The third-order valence-electron chi connectivity index (χ3n) is 4.25. The second kappa shape index (κ2) is 6.51. The van der Waals surface area contributed by atoms with E-state index in [-0.39, 0.29) is 0 Å². The van der Waals surface area contributed by atoms with Gasteiger partial charge in [-0.1, -0.05) is 36.4 Å². The normalized spacial score (nSPS) is 11.6. The van der Waals surface area contributed by atoms with Crippen molar-refractivity contribution in [3.63, 3.8) is 0 Å². The molecule has 2 heterocycles. The second-order valence-corrected chi connectivity index (χ2v) is 7.78. The van der Waals surface area contributed by atoms with Crippen LogP contribution in [0.3, 0.4) is 0 Å². The van der Waals surface area contributed by atoms with Gasteiger partial charge >= 0.3 is 0 Å². The van der Waals surface area contributed by atoms with Gasteiger partial charge in [-0.05, 0) is 36.8 Å². The molecule has 0 saturated heterocycles. The number of fused-ring (bicyclic) bond motifs is 1. The zero-order valence-electron chi connectivity index (χ0n) is 14.4. The Morgan fingerprint density at radius 1 is 1.00 bits per heavy atom. The molecule has 0 aliphatic carbocycles. The van der Waals surface area contributed by atoms with Crippen LogP contribution in [0.5, 0.6) is 0 Å². The largest absolute Gasteiger partial charge is 0.306 e. The van der Waals surface area contributed by atoms with E-state index in [0.29, 0.717) is 16.9 Å². The van der Waals surface area contributed by atoms with E-state index < -0.39 is 20.7 Å². The van der Waals surface area contributed by atoms with E-state index >= 15 is 0 Å². The number of sulfonamides is 1. The summed E-state index contributed by atoms with van der Waals surface area (Å²) in [5.41, 5.74) is 3.37. The Balaban J connectivity index is 1.80. The summed E-state index contributed by atoms with van der Waals surface area (Å²) >= 11 is 0. The number of aromatic nitrogens is 2. The van der Waals surface area contributed by atoms with Gasteiger partial charge in [-0.3, -0.25) is 4.72 Å². The number of para-hydroxylation sites is 1. The van der Waals surface area contributed by atoms with Crippen LogP contribution >= 0.6 is 0 Å². The molecule has 0 aliphatic heterocycles. The van der Waals surface area contributed by atoms with Gasteiger partial charge in [0.2, 0.25) is 0 Å². The van der Waals surface area contributed by atoms with E-state index in [0.717, 1.165) is 17.3 Å². The lowest BCUT2D eigenvalue weighted by molar-refractivity contribution is 0.570. The molecule has 2 aromatic heterocycles. The number of hydrogen-bond donors (Lipinski definition) is 1. The summed E-state index contributed by atoms with van der Waals surface area (Å²) in [6, 6.07) is 16.1. The lowest BCUT2D eigenvalue weighted by Crippen LogP contribution is -2.15. The summed E-state index contributed by atoms with van der Waals surface area (Å²) in [5, 5.41) is 0. The smallest absolute Gasteiger partial charge is 0.264 e. The lowest BCUT2D eigenvalue weighted by Gasteiger charge is -2.12. The molecule has 0 fully saturated rings. The summed E-state index contributed by atoms with van der Waals surface area (Å²) in [7, 11) is -4.07. The zero-order chi connectivity index (χ0) is 19.0. The summed E-state index contributed by atoms with van der Waals surface area (Å²) in [4.78, 5) is 4.22. The van der Waals surface area contributed by atoms with Crippen molar-refractivity contribution in [1.29, 1.82) is 0 Å². The van der Waals surface area contributed by atoms with Crippen molar-refractivity contribution in [3.8, 4) is 11.3 Å². The average Bonchev–Trinajstić information content (AvgIpc) is 3.07. The van der Waals surface area contributed by atoms with Crippen molar-refractivity contribution < 1.29 is 12.8 Å². The molecule has 0 amide bonds. The molecule has 0 radical (unpaired) electrons. The van der Waals surface area contributed by atoms with E-state index in [1.54, 1.807) is 24.3 Å². The zero-order valence-corrected chi connectivity index (χ0v) is 15.2. The third kappa shape index (κ3) is 3.17. The van der Waals surface area contributed by atoms with Crippen LogP contribution < -0.4 is 4.72 Å². The summed E-state index contributed by atoms with van der Waals surface area (Å²) in [6.07, 6.45) is 3.71. The number of nitrogens with one attached hydrogen (secondary N) is 1. The standard InChI is InChI=1S/C20H16FN3O2S/c1-14-7-6-12-24-13-18(22-20(14)24)15-8-2-4-10-17(15)23-27(25,26)19-11-5-3-9-16(19)21/h2-13,23H,1H3. The van der Waals surface area contributed by atoms with Crippen LogP contribution in [0.15, 0.2) is 78.0 Å². The van der Waals surface area contributed by atoms with E-state index in [9.17, 15) is 12.8 Å². The fraction of sp³-hybridized carbons (Fsp3) is 0.0500. The highest BCUT2D eigenvalue weighted by Gasteiger charge is 2.20. The summed E-state index contributed by atoms with van der Waals surface area (Å²) in [6.45, 7) is 1.96. The first kappa shape index (κ1) is 17.2. The van der Waals surface area contributed by atoms with Crippen LogP contribution in [0, 0.1) is 12.7 Å². The molecule has 4 aromatic rings. The van der Waals surface area contributed by atoms with Crippen molar-refractivity contribution in [3.05, 3.63) is 84.4 Å². The molecule has 7 heteroatoms. The highest BCUT2D eigenvalue weighted by atomic mass is 32.2. The number of pyridine rings is 1. The van der Waals surface area contributed by atoms with Gasteiger partial charge in [0, 0.05) is 18.0 Å². The Kier molecular flexibility index (Phi) is 4.16. The van der Waals surface area contributed by atoms with Crippen LogP contribution in [0.4, 0.5) is 10.1 Å². The molecule has 136 valence electrons. The number of hydrogen-bond acceptors (Lipinski definition) is 3. The minimum absolute atomic E-state index is 0.335. The van der Waals surface area contributed by atoms with Gasteiger partial charge in [0.05, 0.1) is 11.4 Å². The molecule has 5 nitrogen and oxygen atoms in total. The number of anilines is 1. The van der Waals surface area contributed by atoms with Crippen molar-refractivity contribution in [2.24, 2.45) is 0 Å². The molecule has 0 aliphatic rings. The van der Waals surface area contributed by atoms with Crippen LogP contribution in [-0.2, 0) is 10.0 Å². The van der Waals surface area contributed by atoms with Gasteiger partial charge in [0.15, 0.2) is 0 Å². The average molecular weight is 381 g/mol. The van der Waals surface area contributed by atoms with Gasteiger partial charge in [-0.2, -0.15) is 0 Å². The van der Waals surface area contributed by atoms with Crippen LogP contribution in [-0.4, -0.2) is 17.8 Å². The minimum atomic E-state index is -4.07. The highest BCUT2D eigenvalue weighted by molar-refractivity contribution is 7.92. The van der Waals surface area contributed by atoms with Gasteiger partial charge in [-0.25, -0.2) is 17.8 Å². The Labute approximate surface area is 156 Å². The van der Waals surface area contributed by atoms with Crippen molar-refractivity contribution in [2.45, 2.75) is 11.8 Å². The third-order valence-corrected chi connectivity index (χ3v) is 5.65. The second-order valence-electron chi connectivity index (χ2n) is 6.13. The molecule has 0 bridgehead atoms. The minimum Gasteiger partial charge on any atom is -0.306 e. The van der Waals surface area contributed by atoms with Crippen molar-refractivity contribution in [1.82, 2.24) is 9.38 Å². The lowest BCUT2D eigenvalue weighted by atomic mass is 10.1. The Hall–Kier alpha value is -3.19. The first-order chi connectivity index (χ1) is 13.0. The first-order valence-corrected chi connectivity index (χ1v) is 9.75. The van der Waals surface area contributed by atoms with E-state index in [1.165, 1.54) is 18.2 Å². The first-order valence-electron chi connectivity index (χ1n) is 8.27. The molecule has 1 N–H and O–H groups in total. The highest BCUT2D eigenvalue weighted by Crippen LogP contribution is 2.30. The van der Waals surface area contributed by atoms with Gasteiger partial charge < -0.3 is 4.40 Å². The summed E-state index contributed by atoms with van der Waals surface area (Å²) < 4.78 is 43.6. The van der Waals surface area contributed by atoms with Crippen LogP contribution in [0.1, 0.15) is 5.56 Å². The van der Waals surface area contributed by atoms with Gasteiger partial charge in [0.25, 0.3) is 10.0 Å². The molecular weight excluding hydrogens is 365 g/mol. The Morgan fingerprint density at radius 2 is 1.74 bits per heavy atom. The van der Waals surface area contributed by atoms with Crippen LogP contribution in [0.25, 0.3) is 16.9 Å². The molecule has 0 spiro atoms. The fourth-order valence-electron chi connectivity index (χ4n) is 2.94. The Bertz CT molecular complexity index is 1250. The number of aryl methyl sites for hydroxylation is 1. The predicted molar refractivity (Wildman–Crippen MR) is 103 cm³/mol. The maximum Gasteiger partial charge on any atom is 0.264 e. The van der Waals surface area contributed by atoms with Gasteiger partial charge in [0.1, 0.15) is 16.4 Å². The predicted octanol–water partition coefficient (Wildman–Crippen LogP) is 4.25. The van der Waals surface area contributed by atoms with Gasteiger partial charge in [-0.15, -0.1) is 0 Å². The van der Waals surface area contributed by atoms with Crippen molar-refractivity contribution in [2.75, 3.05) is 4.72 Å². The van der Waals surface area contributed by atoms with E-state index in [1.807, 2.05) is 35.9 Å². The van der Waals surface area contributed by atoms with E-state index in [4.69, 9.17) is 0 Å². The maximum absolute atomic E-state index is 14.0.